The Bertz CT molecular complexity index is 1170. The Morgan fingerprint density at radius 2 is 1.50 bits per heavy atom. The predicted molar refractivity (Wildman–Crippen MR) is 183 cm³/mol. The van der Waals surface area contributed by atoms with Crippen LogP contribution >= 0.6 is 0 Å². The molecule has 0 aromatic rings. The van der Waals surface area contributed by atoms with Gasteiger partial charge in [-0.25, -0.2) is 9.78 Å². The molecule has 4 saturated heterocycles. The van der Waals surface area contributed by atoms with Gasteiger partial charge in [-0.05, 0) is 136 Å². The quantitative estimate of drug-likeness (QED) is 0.204. The van der Waals surface area contributed by atoms with Crippen LogP contribution in [-0.2, 0) is 28.7 Å². The van der Waals surface area contributed by atoms with E-state index in [0.29, 0.717) is 42.3 Å². The smallest absolute Gasteiger partial charge is 0.201 e. The Labute approximate surface area is 291 Å². The SMILES string of the molecule is CCC[C@@H](C)[C@H]1CCC2C3C[C@H](O)C4C[C@H](OCCOC5OC6O[C@@]7(C)CCC8[C@H](C)CCC([C@H]5C)[C@@]68OO7)CC[C@]4(C)C3CC[C@@]21C. The van der Waals surface area contributed by atoms with Crippen LogP contribution in [0.2, 0.25) is 0 Å². The highest BCUT2D eigenvalue weighted by atomic mass is 17.3. The minimum Gasteiger partial charge on any atom is -0.393 e. The van der Waals surface area contributed by atoms with Gasteiger partial charge in [-0.3, -0.25) is 0 Å². The minimum absolute atomic E-state index is 0.175. The average molecular weight is 673 g/mol. The number of rotatable bonds is 8. The number of aliphatic hydroxyl groups is 1. The van der Waals surface area contributed by atoms with Crippen LogP contribution in [0.25, 0.3) is 0 Å². The van der Waals surface area contributed by atoms with Crippen molar-refractivity contribution in [3.8, 4) is 0 Å². The maximum atomic E-state index is 11.8. The summed E-state index contributed by atoms with van der Waals surface area (Å²) >= 11 is 0. The molecule has 5 saturated carbocycles. The fraction of sp³-hybridized carbons (Fsp3) is 1.00. The van der Waals surface area contributed by atoms with Crippen molar-refractivity contribution in [2.24, 2.45) is 70.0 Å². The van der Waals surface area contributed by atoms with E-state index in [-0.39, 0.29) is 35.7 Å². The maximum absolute atomic E-state index is 11.8. The van der Waals surface area contributed by atoms with Crippen molar-refractivity contribution in [3.63, 3.8) is 0 Å². The van der Waals surface area contributed by atoms with Crippen LogP contribution in [0.4, 0.5) is 0 Å². The molecule has 8 unspecified atom stereocenters. The van der Waals surface area contributed by atoms with Crippen molar-refractivity contribution in [2.75, 3.05) is 13.2 Å². The number of aliphatic hydroxyl groups excluding tert-OH is 1. The molecule has 4 heterocycles. The molecule has 274 valence electrons. The summed E-state index contributed by atoms with van der Waals surface area (Å²) < 4.78 is 26.2. The van der Waals surface area contributed by atoms with Crippen molar-refractivity contribution in [3.05, 3.63) is 0 Å². The molecular weight excluding hydrogens is 604 g/mol. The Morgan fingerprint density at radius 3 is 2.31 bits per heavy atom. The van der Waals surface area contributed by atoms with Gasteiger partial charge in [0.25, 0.3) is 0 Å². The molecule has 0 aromatic heterocycles. The van der Waals surface area contributed by atoms with Crippen molar-refractivity contribution in [1.82, 2.24) is 0 Å². The number of ether oxygens (including phenoxy) is 4. The van der Waals surface area contributed by atoms with Gasteiger partial charge in [0.15, 0.2) is 18.2 Å². The standard InChI is InChI=1S/C41H68O7/c1-8-9-24(2)29-12-13-32-28-23-35(42)34-22-27(14-17-39(34,6)33(28)15-18-38(29,32)5)43-20-21-44-36-26(4)31-11-10-25(3)30-16-19-40(7)46-37(45-36)41(30,31)48-47-40/h24-37,42H,8-23H2,1-7H3/t24-,25-,26-,27-,28?,29-,30?,31?,32?,33?,34?,35+,36?,37?,38-,39-,40-,41-/m1/s1. The van der Waals surface area contributed by atoms with Crippen LogP contribution in [0.1, 0.15) is 138 Å². The lowest BCUT2D eigenvalue weighted by atomic mass is 9.43. The summed E-state index contributed by atoms with van der Waals surface area (Å²) in [4.78, 5) is 12.3. The molecule has 0 amide bonds. The van der Waals surface area contributed by atoms with Gasteiger partial charge in [-0.15, -0.1) is 0 Å². The van der Waals surface area contributed by atoms with Gasteiger partial charge in [-0.2, -0.15) is 0 Å². The zero-order valence-corrected chi connectivity index (χ0v) is 31.3. The third-order valence-corrected chi connectivity index (χ3v) is 17.0. The van der Waals surface area contributed by atoms with Crippen LogP contribution in [0.15, 0.2) is 0 Å². The van der Waals surface area contributed by atoms with Crippen LogP contribution in [0.5, 0.6) is 0 Å². The summed E-state index contributed by atoms with van der Waals surface area (Å²) in [5, 5.41) is 11.8. The molecule has 2 bridgehead atoms. The first-order valence-electron chi connectivity index (χ1n) is 20.5. The summed E-state index contributed by atoms with van der Waals surface area (Å²) in [6.07, 6.45) is 15.7. The second-order valence-electron chi connectivity index (χ2n) is 19.2. The lowest BCUT2D eigenvalue weighted by Crippen LogP contribution is -2.70. The summed E-state index contributed by atoms with van der Waals surface area (Å²) in [6, 6.07) is 0. The first kappa shape index (κ1) is 34.8. The Morgan fingerprint density at radius 1 is 0.771 bits per heavy atom. The number of fused-ring (bicyclic) bond motifs is 7. The molecule has 1 N–H and O–H groups in total. The first-order chi connectivity index (χ1) is 22.9. The molecule has 4 aliphatic heterocycles. The summed E-state index contributed by atoms with van der Waals surface area (Å²) in [5.41, 5.74) is 0.142. The van der Waals surface area contributed by atoms with E-state index in [1.165, 1.54) is 51.4 Å². The van der Waals surface area contributed by atoms with E-state index in [2.05, 4.69) is 41.5 Å². The summed E-state index contributed by atoms with van der Waals surface area (Å²) in [5.74, 6) is 4.86. The van der Waals surface area contributed by atoms with E-state index in [1.54, 1.807) is 0 Å². The van der Waals surface area contributed by atoms with Crippen LogP contribution < -0.4 is 0 Å². The van der Waals surface area contributed by atoms with E-state index >= 15 is 0 Å². The van der Waals surface area contributed by atoms with E-state index in [1.807, 2.05) is 6.92 Å². The van der Waals surface area contributed by atoms with Crippen LogP contribution in [0.3, 0.4) is 0 Å². The van der Waals surface area contributed by atoms with Gasteiger partial charge in [-0.1, -0.05) is 54.4 Å². The molecule has 9 rings (SSSR count). The molecule has 0 aromatic carbocycles. The highest BCUT2D eigenvalue weighted by Crippen LogP contribution is 2.68. The summed E-state index contributed by atoms with van der Waals surface area (Å²) in [7, 11) is 0. The first-order valence-corrected chi connectivity index (χ1v) is 20.5. The van der Waals surface area contributed by atoms with Crippen molar-refractivity contribution >= 4 is 0 Å². The van der Waals surface area contributed by atoms with Gasteiger partial charge < -0.3 is 24.1 Å². The number of hydrogen-bond acceptors (Lipinski definition) is 7. The molecular formula is C41H68O7. The predicted octanol–water partition coefficient (Wildman–Crippen LogP) is 8.66. The molecule has 18 atom stereocenters. The zero-order valence-electron chi connectivity index (χ0n) is 31.3. The average Bonchev–Trinajstić information content (AvgIpc) is 3.25. The normalized spacial score (nSPS) is 56.4. The maximum Gasteiger partial charge on any atom is 0.201 e. The Kier molecular flexibility index (Phi) is 9.20. The Balaban J connectivity index is 0.866. The van der Waals surface area contributed by atoms with E-state index in [0.717, 1.165) is 62.2 Å². The molecule has 7 nitrogen and oxygen atoms in total. The van der Waals surface area contributed by atoms with Gasteiger partial charge in [0.1, 0.15) is 0 Å². The molecule has 5 aliphatic carbocycles. The molecule has 9 fully saturated rings. The van der Waals surface area contributed by atoms with Gasteiger partial charge in [0.2, 0.25) is 5.79 Å². The van der Waals surface area contributed by atoms with Crippen molar-refractivity contribution < 1.29 is 33.8 Å². The topological polar surface area (TPSA) is 75.6 Å². The number of hydrogen-bond donors (Lipinski definition) is 1. The second kappa shape index (κ2) is 12.7. The van der Waals surface area contributed by atoms with Gasteiger partial charge in [0, 0.05) is 18.3 Å². The molecule has 7 heteroatoms. The second-order valence-corrected chi connectivity index (χ2v) is 19.2. The highest BCUT2D eigenvalue weighted by Gasteiger charge is 2.69. The molecule has 9 aliphatic rings. The molecule has 48 heavy (non-hydrogen) atoms. The monoisotopic (exact) mass is 672 g/mol. The Hall–Kier alpha value is -0.280. The fourth-order valence-corrected chi connectivity index (χ4v) is 14.5. The third kappa shape index (κ3) is 5.27. The highest BCUT2D eigenvalue weighted by molar-refractivity contribution is 5.12. The van der Waals surface area contributed by atoms with E-state index in [9.17, 15) is 5.11 Å². The lowest BCUT2D eigenvalue weighted by molar-refractivity contribution is -0.577. The third-order valence-electron chi connectivity index (χ3n) is 17.0. The largest absolute Gasteiger partial charge is 0.393 e. The van der Waals surface area contributed by atoms with Crippen molar-refractivity contribution in [2.45, 2.75) is 175 Å². The van der Waals surface area contributed by atoms with Gasteiger partial charge >= 0.3 is 0 Å². The van der Waals surface area contributed by atoms with E-state index in [4.69, 9.17) is 28.7 Å². The van der Waals surface area contributed by atoms with Crippen LogP contribution in [0, 0.1) is 70.0 Å². The molecule has 0 radical (unpaired) electrons. The minimum atomic E-state index is -0.769. The van der Waals surface area contributed by atoms with Gasteiger partial charge in [0.05, 0.1) is 25.4 Å². The van der Waals surface area contributed by atoms with Crippen molar-refractivity contribution in [1.29, 1.82) is 0 Å². The fourth-order valence-electron chi connectivity index (χ4n) is 14.5. The van der Waals surface area contributed by atoms with E-state index < -0.39 is 17.7 Å². The zero-order chi connectivity index (χ0) is 33.6. The molecule has 1 spiro atoms. The lowest BCUT2D eigenvalue weighted by Gasteiger charge is -2.62. The van der Waals surface area contributed by atoms with Crippen LogP contribution in [-0.4, -0.2) is 54.5 Å². The summed E-state index contributed by atoms with van der Waals surface area (Å²) in [6.45, 7) is 17.7.